The standard InChI is InChI=1S/C13H8N2O2S/c16-8-11-12(14-13(17)18-11)15-7-3-5-9-4-1-2-6-10(9)15/h1-8H. The van der Waals surface area contributed by atoms with E-state index in [0.717, 1.165) is 22.2 Å². The Hall–Kier alpha value is -2.27. The Morgan fingerprint density at radius 1 is 1.22 bits per heavy atom. The molecule has 3 aromatic rings. The number of nitrogens with zero attached hydrogens (tertiary/aromatic N) is 2. The lowest BCUT2D eigenvalue weighted by atomic mass is 10.2. The minimum absolute atomic E-state index is 0.348. The number of carbonyl (C=O) groups excluding carboxylic acids is 1. The molecule has 2 heterocycles. The maximum Gasteiger partial charge on any atom is 0.349 e. The van der Waals surface area contributed by atoms with E-state index in [1.54, 1.807) is 10.8 Å². The first-order valence-corrected chi connectivity index (χ1v) is 6.14. The number of rotatable bonds is 2. The van der Waals surface area contributed by atoms with Gasteiger partial charge in [-0.3, -0.25) is 4.79 Å². The van der Waals surface area contributed by atoms with Crippen LogP contribution in [0.4, 0.5) is 0 Å². The molecule has 0 aliphatic heterocycles. The van der Waals surface area contributed by atoms with Crippen LogP contribution in [0.15, 0.2) is 42.6 Å². The molecule has 0 saturated carbocycles. The summed E-state index contributed by atoms with van der Waals surface area (Å²) in [5, 5.41) is 12.0. The lowest BCUT2D eigenvalue weighted by molar-refractivity contribution is -0.571. The number of fused-ring (bicyclic) bond motifs is 1. The van der Waals surface area contributed by atoms with Crippen molar-refractivity contribution in [2.45, 2.75) is 0 Å². The number of aromatic nitrogens is 2. The average Bonchev–Trinajstić information content (AvgIpc) is 2.79. The van der Waals surface area contributed by atoms with Gasteiger partial charge in [-0.1, -0.05) is 29.5 Å². The minimum atomic E-state index is -0.354. The van der Waals surface area contributed by atoms with Crippen molar-refractivity contribution in [2.24, 2.45) is 0 Å². The highest BCUT2D eigenvalue weighted by Gasteiger charge is 2.19. The normalized spacial score (nSPS) is 10.7. The highest BCUT2D eigenvalue weighted by molar-refractivity contribution is 7.15. The fourth-order valence-corrected chi connectivity index (χ4v) is 2.50. The van der Waals surface area contributed by atoms with Crippen LogP contribution in [0.25, 0.3) is 16.7 Å². The van der Waals surface area contributed by atoms with E-state index >= 15 is 0 Å². The Kier molecular flexibility index (Phi) is 2.53. The van der Waals surface area contributed by atoms with Crippen LogP contribution in [0, 0.1) is 0 Å². The number of para-hydroxylation sites is 1. The van der Waals surface area contributed by atoms with E-state index in [1.807, 2.05) is 36.4 Å². The summed E-state index contributed by atoms with van der Waals surface area (Å²) in [5.41, 5.74) is 0.911. The van der Waals surface area contributed by atoms with Gasteiger partial charge < -0.3 is 5.11 Å². The molecule has 0 aliphatic rings. The molecule has 0 amide bonds. The molecular weight excluding hydrogens is 248 g/mol. The van der Waals surface area contributed by atoms with E-state index in [4.69, 9.17) is 0 Å². The number of carbonyl (C=O) groups is 1. The van der Waals surface area contributed by atoms with E-state index < -0.39 is 0 Å². The third-order valence-electron chi connectivity index (χ3n) is 2.66. The SMILES string of the molecule is O=Cc1sc([O-])nc1-[n+]1cccc2ccccc21. The monoisotopic (exact) mass is 256 g/mol. The first-order chi connectivity index (χ1) is 8.79. The van der Waals surface area contributed by atoms with Gasteiger partial charge in [-0.05, 0) is 23.2 Å². The summed E-state index contributed by atoms with van der Waals surface area (Å²) in [6.45, 7) is 0. The second kappa shape index (κ2) is 4.19. The number of thiazole rings is 1. The molecule has 0 aliphatic carbocycles. The van der Waals surface area contributed by atoms with Crippen LogP contribution in [-0.2, 0) is 0 Å². The zero-order valence-corrected chi connectivity index (χ0v) is 10.1. The predicted molar refractivity (Wildman–Crippen MR) is 66.0 cm³/mol. The maximum absolute atomic E-state index is 11.3. The molecule has 18 heavy (non-hydrogen) atoms. The summed E-state index contributed by atoms with van der Waals surface area (Å²) in [6, 6.07) is 11.6. The van der Waals surface area contributed by atoms with Gasteiger partial charge in [-0.2, -0.15) is 4.57 Å². The van der Waals surface area contributed by atoms with Gasteiger partial charge in [-0.15, -0.1) is 0 Å². The van der Waals surface area contributed by atoms with Crippen LogP contribution in [0.3, 0.4) is 0 Å². The summed E-state index contributed by atoms with van der Waals surface area (Å²) < 4.78 is 1.76. The van der Waals surface area contributed by atoms with E-state index in [-0.39, 0.29) is 5.19 Å². The molecule has 0 bridgehead atoms. The Morgan fingerprint density at radius 3 is 2.83 bits per heavy atom. The molecule has 4 nitrogen and oxygen atoms in total. The van der Waals surface area contributed by atoms with E-state index in [9.17, 15) is 9.90 Å². The highest BCUT2D eigenvalue weighted by atomic mass is 32.1. The van der Waals surface area contributed by atoms with Crippen molar-refractivity contribution in [1.29, 1.82) is 0 Å². The van der Waals surface area contributed by atoms with Gasteiger partial charge in [0.05, 0.1) is 6.20 Å². The number of hydrogen-bond acceptors (Lipinski definition) is 4. The molecule has 2 aromatic heterocycles. The Bertz CT molecular complexity index is 731. The van der Waals surface area contributed by atoms with Gasteiger partial charge in [-0.25, -0.2) is 0 Å². The van der Waals surface area contributed by atoms with Gasteiger partial charge in [0.25, 0.3) is 0 Å². The van der Waals surface area contributed by atoms with Crippen molar-refractivity contribution in [3.8, 4) is 11.0 Å². The summed E-state index contributed by atoms with van der Waals surface area (Å²) in [7, 11) is 0. The predicted octanol–water partition coefficient (Wildman–Crippen LogP) is 1.46. The maximum atomic E-state index is 11.3. The van der Waals surface area contributed by atoms with Crippen molar-refractivity contribution >= 4 is 28.5 Å². The minimum Gasteiger partial charge on any atom is -0.831 e. The molecule has 5 heteroatoms. The lowest BCUT2D eigenvalue weighted by Crippen LogP contribution is -2.32. The number of pyridine rings is 1. The molecule has 0 unspecified atom stereocenters. The zero-order valence-electron chi connectivity index (χ0n) is 9.24. The molecule has 0 atom stereocenters. The van der Waals surface area contributed by atoms with Gasteiger partial charge in [0, 0.05) is 5.39 Å². The number of hydrogen-bond donors (Lipinski definition) is 0. The summed E-state index contributed by atoms with van der Waals surface area (Å²) in [5.74, 6) is 0.400. The highest BCUT2D eigenvalue weighted by Crippen LogP contribution is 2.21. The summed E-state index contributed by atoms with van der Waals surface area (Å²) in [6.07, 6.45) is 2.47. The summed E-state index contributed by atoms with van der Waals surface area (Å²) >= 11 is 0.862. The molecule has 88 valence electrons. The fraction of sp³-hybridized carbons (Fsp3) is 0. The number of aldehydes is 1. The zero-order chi connectivity index (χ0) is 12.5. The van der Waals surface area contributed by atoms with E-state index in [2.05, 4.69) is 4.98 Å². The molecule has 0 spiro atoms. The van der Waals surface area contributed by atoms with Crippen LogP contribution in [-0.4, -0.2) is 11.3 Å². The third-order valence-corrected chi connectivity index (χ3v) is 3.42. The number of benzene rings is 1. The van der Waals surface area contributed by atoms with Crippen molar-refractivity contribution < 1.29 is 14.5 Å². The van der Waals surface area contributed by atoms with Gasteiger partial charge >= 0.3 is 5.82 Å². The van der Waals surface area contributed by atoms with Crippen molar-refractivity contribution in [1.82, 2.24) is 4.98 Å². The topological polar surface area (TPSA) is 56.9 Å². The molecule has 1 aromatic carbocycles. The second-order valence-corrected chi connectivity index (χ2v) is 4.72. The molecule has 0 radical (unpaired) electrons. The van der Waals surface area contributed by atoms with Crippen molar-refractivity contribution in [3.63, 3.8) is 0 Å². The first-order valence-electron chi connectivity index (χ1n) is 5.32. The van der Waals surface area contributed by atoms with Crippen LogP contribution >= 0.6 is 11.3 Å². The van der Waals surface area contributed by atoms with Gasteiger partial charge in [0.2, 0.25) is 0 Å². The lowest BCUT2D eigenvalue weighted by Gasteiger charge is -2.00. The molecule has 0 saturated heterocycles. The third kappa shape index (κ3) is 1.65. The van der Waals surface area contributed by atoms with Gasteiger partial charge in [0.15, 0.2) is 16.4 Å². The van der Waals surface area contributed by atoms with Crippen LogP contribution in [0.1, 0.15) is 9.67 Å². The fourth-order valence-electron chi connectivity index (χ4n) is 1.90. The van der Waals surface area contributed by atoms with E-state index in [1.165, 1.54) is 0 Å². The van der Waals surface area contributed by atoms with Crippen LogP contribution < -0.4 is 9.67 Å². The van der Waals surface area contributed by atoms with Crippen molar-refractivity contribution in [3.05, 3.63) is 47.5 Å². The Morgan fingerprint density at radius 2 is 2.00 bits per heavy atom. The molecule has 0 N–H and O–H groups in total. The largest absolute Gasteiger partial charge is 0.831 e. The van der Waals surface area contributed by atoms with Crippen LogP contribution in [0.5, 0.6) is 5.19 Å². The van der Waals surface area contributed by atoms with Gasteiger partial charge in [0.1, 0.15) is 5.52 Å². The van der Waals surface area contributed by atoms with Crippen LogP contribution in [0.2, 0.25) is 0 Å². The second-order valence-electron chi connectivity index (χ2n) is 3.72. The Labute approximate surface area is 107 Å². The average molecular weight is 256 g/mol. The molecule has 3 rings (SSSR count). The smallest absolute Gasteiger partial charge is 0.349 e. The Balaban J connectivity index is 2.34. The molecular formula is C13H8N2O2S. The van der Waals surface area contributed by atoms with Crippen molar-refractivity contribution in [2.75, 3.05) is 0 Å². The summed E-state index contributed by atoms with van der Waals surface area (Å²) in [4.78, 5) is 15.2. The first kappa shape index (κ1) is 10.9. The molecule has 0 fully saturated rings. The van der Waals surface area contributed by atoms with E-state index in [0.29, 0.717) is 17.0 Å². The quantitative estimate of drug-likeness (QED) is 0.515.